The number of aliphatic hydroxyl groups is 1. The molecule has 0 aliphatic rings. The predicted octanol–water partition coefficient (Wildman–Crippen LogP) is 0.421. The highest BCUT2D eigenvalue weighted by Gasteiger charge is 2.12. The molecule has 0 spiro atoms. The van der Waals surface area contributed by atoms with Gasteiger partial charge in [-0.1, -0.05) is 0 Å². The zero-order chi connectivity index (χ0) is 11.7. The van der Waals surface area contributed by atoms with Crippen LogP contribution in [0.4, 0.5) is 0 Å². The molecule has 0 atom stereocenters. The summed E-state index contributed by atoms with van der Waals surface area (Å²) < 4.78 is 9.35. The lowest BCUT2D eigenvalue weighted by Gasteiger charge is -2.05. The highest BCUT2D eigenvalue weighted by molar-refractivity contribution is 5.96. The van der Waals surface area contributed by atoms with Crippen LogP contribution >= 0.6 is 0 Å². The van der Waals surface area contributed by atoms with Gasteiger partial charge in [-0.3, -0.25) is 0 Å². The number of hydrogen-bond acceptors (Lipinski definition) is 5. The monoisotopic (exact) mass is 216 g/mol. The maximum absolute atomic E-state index is 11.3. The normalized spacial score (nSPS) is 11.0. The quantitative estimate of drug-likeness (QED) is 0.514. The standard InChI is InChI=1S/C10H16O5/c1-3-14-9(12)7-8(5-6-11)10(13)15-4-2/h7,11H,3-6H2,1-2H3/b8-7-. The van der Waals surface area contributed by atoms with Crippen molar-refractivity contribution in [3.8, 4) is 0 Å². The maximum atomic E-state index is 11.3. The van der Waals surface area contributed by atoms with Crippen LogP contribution in [0.5, 0.6) is 0 Å². The van der Waals surface area contributed by atoms with Crippen LogP contribution in [0.1, 0.15) is 20.3 Å². The van der Waals surface area contributed by atoms with Gasteiger partial charge in [0.1, 0.15) is 0 Å². The molecule has 0 fully saturated rings. The van der Waals surface area contributed by atoms with Gasteiger partial charge in [-0.05, 0) is 13.8 Å². The molecule has 0 aliphatic heterocycles. The van der Waals surface area contributed by atoms with E-state index in [1.165, 1.54) is 0 Å². The molecule has 5 nitrogen and oxygen atoms in total. The van der Waals surface area contributed by atoms with Gasteiger partial charge in [-0.25, -0.2) is 9.59 Å². The van der Waals surface area contributed by atoms with Crippen LogP contribution in [0.2, 0.25) is 0 Å². The fraction of sp³-hybridized carbons (Fsp3) is 0.600. The fourth-order valence-electron chi connectivity index (χ4n) is 0.904. The Labute approximate surface area is 88.7 Å². The first-order chi connectivity index (χ1) is 7.15. The molecule has 0 saturated heterocycles. The van der Waals surface area contributed by atoms with Crippen LogP contribution in [0.25, 0.3) is 0 Å². The molecule has 5 heteroatoms. The minimum absolute atomic E-state index is 0.0810. The molecule has 0 amide bonds. The van der Waals surface area contributed by atoms with Gasteiger partial charge in [0.2, 0.25) is 0 Å². The summed E-state index contributed by atoms with van der Waals surface area (Å²) in [5, 5.41) is 8.70. The van der Waals surface area contributed by atoms with E-state index >= 15 is 0 Å². The molecule has 86 valence electrons. The highest BCUT2D eigenvalue weighted by atomic mass is 16.5. The summed E-state index contributed by atoms with van der Waals surface area (Å²) >= 11 is 0. The Balaban J connectivity index is 4.48. The summed E-state index contributed by atoms with van der Waals surface area (Å²) in [6.45, 7) is 3.58. The second kappa shape index (κ2) is 7.99. The minimum atomic E-state index is -0.603. The van der Waals surface area contributed by atoms with E-state index in [1.807, 2.05) is 0 Å². The topological polar surface area (TPSA) is 72.8 Å². The molecule has 0 saturated carbocycles. The van der Waals surface area contributed by atoms with Gasteiger partial charge in [0.15, 0.2) is 0 Å². The van der Waals surface area contributed by atoms with Gasteiger partial charge in [-0.2, -0.15) is 0 Å². The predicted molar refractivity (Wildman–Crippen MR) is 53.1 cm³/mol. The van der Waals surface area contributed by atoms with Crippen molar-refractivity contribution in [3.05, 3.63) is 11.6 Å². The van der Waals surface area contributed by atoms with E-state index in [0.29, 0.717) is 0 Å². The number of ether oxygens (including phenoxy) is 2. The molecule has 0 aromatic rings. The van der Waals surface area contributed by atoms with E-state index in [1.54, 1.807) is 13.8 Å². The van der Waals surface area contributed by atoms with Crippen LogP contribution < -0.4 is 0 Å². The molecule has 0 aliphatic carbocycles. The van der Waals surface area contributed by atoms with Crippen molar-refractivity contribution in [3.63, 3.8) is 0 Å². The first-order valence-corrected chi connectivity index (χ1v) is 4.81. The Hall–Kier alpha value is -1.36. The molecule has 15 heavy (non-hydrogen) atoms. The van der Waals surface area contributed by atoms with Crippen molar-refractivity contribution in [1.82, 2.24) is 0 Å². The minimum Gasteiger partial charge on any atom is -0.463 e. The SMILES string of the molecule is CCOC(=O)/C=C(/CCO)C(=O)OCC. The van der Waals surface area contributed by atoms with Crippen LogP contribution in [0.3, 0.4) is 0 Å². The second-order valence-electron chi connectivity index (χ2n) is 2.62. The number of carbonyl (C=O) groups is 2. The van der Waals surface area contributed by atoms with E-state index < -0.39 is 11.9 Å². The lowest BCUT2D eigenvalue weighted by Crippen LogP contribution is -2.12. The van der Waals surface area contributed by atoms with Crippen molar-refractivity contribution < 1.29 is 24.2 Å². The van der Waals surface area contributed by atoms with Crippen LogP contribution in [-0.2, 0) is 19.1 Å². The van der Waals surface area contributed by atoms with Crippen LogP contribution in [0, 0.1) is 0 Å². The van der Waals surface area contributed by atoms with Gasteiger partial charge >= 0.3 is 11.9 Å². The van der Waals surface area contributed by atoms with Crippen molar-refractivity contribution in [2.75, 3.05) is 19.8 Å². The largest absolute Gasteiger partial charge is 0.463 e. The zero-order valence-electron chi connectivity index (χ0n) is 8.99. The highest BCUT2D eigenvalue weighted by Crippen LogP contribution is 2.04. The zero-order valence-corrected chi connectivity index (χ0v) is 8.99. The van der Waals surface area contributed by atoms with Crippen LogP contribution in [-0.4, -0.2) is 36.9 Å². The summed E-state index contributed by atoms with van der Waals surface area (Å²) in [6, 6.07) is 0. The molecule has 1 N–H and O–H groups in total. The Bertz CT molecular complexity index is 244. The number of aliphatic hydroxyl groups excluding tert-OH is 1. The third kappa shape index (κ3) is 5.85. The average molecular weight is 216 g/mol. The number of carbonyl (C=O) groups excluding carboxylic acids is 2. The van der Waals surface area contributed by atoms with Gasteiger partial charge < -0.3 is 14.6 Å². The van der Waals surface area contributed by atoms with E-state index in [2.05, 4.69) is 4.74 Å². The second-order valence-corrected chi connectivity index (χ2v) is 2.62. The average Bonchev–Trinajstić information content (AvgIpc) is 2.18. The van der Waals surface area contributed by atoms with Crippen molar-refractivity contribution in [1.29, 1.82) is 0 Å². The van der Waals surface area contributed by atoms with Gasteiger partial charge in [-0.15, -0.1) is 0 Å². The van der Waals surface area contributed by atoms with Gasteiger partial charge in [0, 0.05) is 24.7 Å². The maximum Gasteiger partial charge on any atom is 0.334 e. The Morgan fingerprint density at radius 2 is 1.80 bits per heavy atom. The molecule has 0 bridgehead atoms. The summed E-state index contributed by atoms with van der Waals surface area (Å²) in [5.74, 6) is -1.20. The molecule has 0 rings (SSSR count). The Morgan fingerprint density at radius 3 is 2.27 bits per heavy atom. The first-order valence-electron chi connectivity index (χ1n) is 4.81. The Morgan fingerprint density at radius 1 is 1.20 bits per heavy atom. The molecule has 0 aromatic carbocycles. The van der Waals surface area contributed by atoms with Gasteiger partial charge in [0.25, 0.3) is 0 Å². The van der Waals surface area contributed by atoms with Crippen molar-refractivity contribution >= 4 is 11.9 Å². The first kappa shape index (κ1) is 13.6. The van der Waals surface area contributed by atoms with Crippen LogP contribution in [0.15, 0.2) is 11.6 Å². The van der Waals surface area contributed by atoms with Crippen molar-refractivity contribution in [2.45, 2.75) is 20.3 Å². The molecular formula is C10H16O5. The molecule has 0 aromatic heterocycles. The lowest BCUT2D eigenvalue weighted by atomic mass is 10.2. The molecule has 0 radical (unpaired) electrons. The number of esters is 2. The van der Waals surface area contributed by atoms with E-state index in [4.69, 9.17) is 9.84 Å². The third-order valence-corrected chi connectivity index (χ3v) is 1.50. The lowest BCUT2D eigenvalue weighted by molar-refractivity contribution is -0.141. The Kier molecular flexibility index (Phi) is 7.27. The third-order valence-electron chi connectivity index (χ3n) is 1.50. The molecule has 0 unspecified atom stereocenters. The van der Waals surface area contributed by atoms with E-state index in [0.717, 1.165) is 6.08 Å². The summed E-state index contributed by atoms with van der Waals surface area (Å²) in [6.07, 6.45) is 1.13. The van der Waals surface area contributed by atoms with Gasteiger partial charge in [0.05, 0.1) is 13.2 Å². The summed E-state index contributed by atoms with van der Waals surface area (Å²) in [4.78, 5) is 22.3. The smallest absolute Gasteiger partial charge is 0.334 e. The van der Waals surface area contributed by atoms with E-state index in [9.17, 15) is 9.59 Å². The number of rotatable bonds is 6. The molecule has 0 heterocycles. The van der Waals surface area contributed by atoms with E-state index in [-0.39, 0.29) is 31.8 Å². The number of hydrogen-bond donors (Lipinski definition) is 1. The molecular weight excluding hydrogens is 200 g/mol. The van der Waals surface area contributed by atoms with Crippen molar-refractivity contribution in [2.24, 2.45) is 0 Å². The fourth-order valence-corrected chi connectivity index (χ4v) is 0.904. The summed E-state index contributed by atoms with van der Waals surface area (Å²) in [7, 11) is 0. The summed E-state index contributed by atoms with van der Waals surface area (Å²) in [5.41, 5.74) is 0.123.